The van der Waals surface area contributed by atoms with Crippen LogP contribution >= 0.6 is 0 Å². The van der Waals surface area contributed by atoms with E-state index < -0.39 is 0 Å². The van der Waals surface area contributed by atoms with E-state index in [0.29, 0.717) is 24.0 Å². The molecule has 2 rings (SSSR count). The van der Waals surface area contributed by atoms with Gasteiger partial charge in [0.2, 0.25) is 5.89 Å². The fraction of sp³-hybridized carbons (Fsp3) is 0.429. The van der Waals surface area contributed by atoms with E-state index in [1.807, 2.05) is 12.1 Å². The highest BCUT2D eigenvalue weighted by Gasteiger charge is 2.14. The zero-order valence-corrected chi connectivity index (χ0v) is 12.0. The molecule has 1 aromatic heterocycles. The fourth-order valence-corrected chi connectivity index (χ4v) is 1.81. The Morgan fingerprint density at radius 1 is 1.20 bits per heavy atom. The normalized spacial score (nSPS) is 10.6. The number of rotatable bonds is 7. The highest BCUT2D eigenvalue weighted by atomic mass is 16.5. The van der Waals surface area contributed by atoms with Gasteiger partial charge in [-0.15, -0.1) is 10.2 Å². The average molecular weight is 277 g/mol. The lowest BCUT2D eigenvalue weighted by molar-refractivity contribution is 0.394. The number of methoxy groups -OCH3 is 2. The predicted octanol–water partition coefficient (Wildman–Crippen LogP) is 1.91. The molecule has 0 bridgehead atoms. The zero-order valence-electron chi connectivity index (χ0n) is 12.0. The molecule has 108 valence electrons. The Morgan fingerprint density at radius 2 is 2.05 bits per heavy atom. The smallest absolute Gasteiger partial charge is 0.251 e. The first kappa shape index (κ1) is 14.3. The van der Waals surface area contributed by atoms with Gasteiger partial charge in [0.15, 0.2) is 0 Å². The van der Waals surface area contributed by atoms with Crippen LogP contribution in [0.3, 0.4) is 0 Å². The van der Waals surface area contributed by atoms with Crippen molar-refractivity contribution in [3.63, 3.8) is 0 Å². The van der Waals surface area contributed by atoms with Crippen LogP contribution in [-0.4, -0.2) is 37.5 Å². The number of benzene rings is 1. The SMILES string of the molecule is CCNCCc1nnc(-c2ccc(OC)cc2OC)o1. The van der Waals surface area contributed by atoms with Crippen LogP contribution in [0.1, 0.15) is 12.8 Å². The fourth-order valence-electron chi connectivity index (χ4n) is 1.81. The van der Waals surface area contributed by atoms with Crippen molar-refractivity contribution in [2.45, 2.75) is 13.3 Å². The molecule has 1 aromatic carbocycles. The standard InChI is InChI=1S/C14H19N3O3/c1-4-15-8-7-13-16-17-14(20-13)11-6-5-10(18-2)9-12(11)19-3/h5-6,9,15H,4,7-8H2,1-3H3. The Balaban J connectivity index is 2.18. The molecule has 20 heavy (non-hydrogen) atoms. The summed E-state index contributed by atoms with van der Waals surface area (Å²) in [6.07, 6.45) is 0.708. The maximum absolute atomic E-state index is 5.65. The van der Waals surface area contributed by atoms with Gasteiger partial charge in [-0.25, -0.2) is 0 Å². The minimum absolute atomic E-state index is 0.455. The molecule has 0 amide bonds. The first-order chi connectivity index (χ1) is 9.78. The van der Waals surface area contributed by atoms with Gasteiger partial charge in [0.25, 0.3) is 5.89 Å². The van der Waals surface area contributed by atoms with Crippen LogP contribution in [0.5, 0.6) is 11.5 Å². The van der Waals surface area contributed by atoms with Gasteiger partial charge >= 0.3 is 0 Å². The molecule has 2 aromatic rings. The number of nitrogens with zero attached hydrogens (tertiary/aromatic N) is 2. The van der Waals surface area contributed by atoms with Crippen molar-refractivity contribution in [3.05, 3.63) is 24.1 Å². The predicted molar refractivity (Wildman–Crippen MR) is 75.1 cm³/mol. The Labute approximate surface area is 118 Å². The van der Waals surface area contributed by atoms with E-state index in [0.717, 1.165) is 24.4 Å². The van der Waals surface area contributed by atoms with Gasteiger partial charge in [0.05, 0.1) is 19.8 Å². The Hall–Kier alpha value is -2.08. The molecule has 0 aliphatic rings. The molecule has 0 spiro atoms. The summed E-state index contributed by atoms with van der Waals surface area (Å²) in [4.78, 5) is 0. The van der Waals surface area contributed by atoms with Crippen LogP contribution in [0.25, 0.3) is 11.5 Å². The number of likely N-dealkylation sites (N-methyl/N-ethyl adjacent to an activating group) is 1. The third kappa shape index (κ3) is 3.27. The quantitative estimate of drug-likeness (QED) is 0.780. The highest BCUT2D eigenvalue weighted by molar-refractivity contribution is 5.64. The summed E-state index contributed by atoms with van der Waals surface area (Å²) in [5.74, 6) is 2.43. The monoisotopic (exact) mass is 277 g/mol. The van der Waals surface area contributed by atoms with Gasteiger partial charge in [-0.1, -0.05) is 6.92 Å². The minimum atomic E-state index is 0.455. The molecule has 0 unspecified atom stereocenters. The second-order valence-corrected chi connectivity index (χ2v) is 4.17. The number of hydrogen-bond donors (Lipinski definition) is 1. The first-order valence-corrected chi connectivity index (χ1v) is 6.54. The lowest BCUT2D eigenvalue weighted by Gasteiger charge is -2.07. The highest BCUT2D eigenvalue weighted by Crippen LogP contribution is 2.32. The molecular formula is C14H19N3O3. The average Bonchev–Trinajstić information content (AvgIpc) is 2.95. The van der Waals surface area contributed by atoms with Crippen molar-refractivity contribution in [3.8, 4) is 23.0 Å². The van der Waals surface area contributed by atoms with Crippen molar-refractivity contribution >= 4 is 0 Å². The molecule has 6 nitrogen and oxygen atoms in total. The minimum Gasteiger partial charge on any atom is -0.497 e. The molecule has 0 atom stereocenters. The van der Waals surface area contributed by atoms with Crippen molar-refractivity contribution in [1.82, 2.24) is 15.5 Å². The summed E-state index contributed by atoms with van der Waals surface area (Å²) < 4.78 is 16.1. The third-order valence-electron chi connectivity index (χ3n) is 2.87. The summed E-state index contributed by atoms with van der Waals surface area (Å²) in [5.41, 5.74) is 0.760. The molecule has 0 saturated carbocycles. The van der Waals surface area contributed by atoms with Gasteiger partial charge in [-0.2, -0.15) is 0 Å². The summed E-state index contributed by atoms with van der Waals surface area (Å²) >= 11 is 0. The molecule has 6 heteroatoms. The van der Waals surface area contributed by atoms with Crippen molar-refractivity contribution < 1.29 is 13.9 Å². The van der Waals surface area contributed by atoms with Crippen molar-refractivity contribution in [1.29, 1.82) is 0 Å². The number of ether oxygens (including phenoxy) is 2. The van der Waals surface area contributed by atoms with Gasteiger partial charge in [-0.3, -0.25) is 0 Å². The lowest BCUT2D eigenvalue weighted by atomic mass is 10.2. The summed E-state index contributed by atoms with van der Waals surface area (Å²) in [7, 11) is 3.21. The molecule has 0 saturated heterocycles. The van der Waals surface area contributed by atoms with E-state index in [9.17, 15) is 0 Å². The number of hydrogen-bond acceptors (Lipinski definition) is 6. The second-order valence-electron chi connectivity index (χ2n) is 4.17. The summed E-state index contributed by atoms with van der Waals surface area (Å²) in [6.45, 7) is 3.80. The van der Waals surface area contributed by atoms with E-state index in [2.05, 4.69) is 22.4 Å². The topological polar surface area (TPSA) is 69.4 Å². The van der Waals surface area contributed by atoms with E-state index in [4.69, 9.17) is 13.9 Å². The van der Waals surface area contributed by atoms with Crippen molar-refractivity contribution in [2.24, 2.45) is 0 Å². The molecule has 0 radical (unpaired) electrons. The Morgan fingerprint density at radius 3 is 2.75 bits per heavy atom. The Bertz CT molecular complexity index is 554. The molecule has 0 aliphatic heterocycles. The molecule has 1 heterocycles. The van der Waals surface area contributed by atoms with Crippen molar-refractivity contribution in [2.75, 3.05) is 27.3 Å². The summed E-state index contributed by atoms with van der Waals surface area (Å²) in [5, 5.41) is 11.3. The van der Waals surface area contributed by atoms with Crippen LogP contribution < -0.4 is 14.8 Å². The molecule has 1 N–H and O–H groups in total. The zero-order chi connectivity index (χ0) is 14.4. The second kappa shape index (κ2) is 6.91. The lowest BCUT2D eigenvalue weighted by Crippen LogP contribution is -2.16. The van der Waals surface area contributed by atoms with Crippen LogP contribution in [-0.2, 0) is 6.42 Å². The van der Waals surface area contributed by atoms with Gasteiger partial charge < -0.3 is 19.2 Å². The van der Waals surface area contributed by atoms with E-state index in [1.165, 1.54) is 0 Å². The van der Waals surface area contributed by atoms with Crippen LogP contribution in [0.15, 0.2) is 22.6 Å². The molecule has 0 fully saturated rings. The Kier molecular flexibility index (Phi) is 4.95. The number of aromatic nitrogens is 2. The van der Waals surface area contributed by atoms with Crippen LogP contribution in [0.4, 0.5) is 0 Å². The van der Waals surface area contributed by atoms with Crippen LogP contribution in [0.2, 0.25) is 0 Å². The largest absolute Gasteiger partial charge is 0.497 e. The van der Waals surface area contributed by atoms with E-state index in [1.54, 1.807) is 20.3 Å². The molecular weight excluding hydrogens is 258 g/mol. The first-order valence-electron chi connectivity index (χ1n) is 6.54. The van der Waals surface area contributed by atoms with Gasteiger partial charge in [-0.05, 0) is 18.7 Å². The number of nitrogens with one attached hydrogen (secondary N) is 1. The van der Waals surface area contributed by atoms with Crippen LogP contribution in [0, 0.1) is 0 Å². The van der Waals surface area contributed by atoms with E-state index in [-0.39, 0.29) is 0 Å². The van der Waals surface area contributed by atoms with Gasteiger partial charge in [0.1, 0.15) is 11.5 Å². The maximum Gasteiger partial charge on any atom is 0.251 e. The molecule has 0 aliphatic carbocycles. The summed E-state index contributed by atoms with van der Waals surface area (Å²) in [6, 6.07) is 5.47. The van der Waals surface area contributed by atoms with E-state index >= 15 is 0 Å². The maximum atomic E-state index is 5.65. The van der Waals surface area contributed by atoms with Gasteiger partial charge in [0, 0.05) is 19.0 Å². The third-order valence-corrected chi connectivity index (χ3v) is 2.87.